The number of hydrogen-bond donors (Lipinski definition) is 2. The van der Waals surface area contributed by atoms with Crippen LogP contribution >= 0.6 is 0 Å². The number of ether oxygens (including phenoxy) is 1. The van der Waals surface area contributed by atoms with E-state index in [1.54, 1.807) is 13.8 Å². The summed E-state index contributed by atoms with van der Waals surface area (Å²) >= 11 is 0. The molecule has 36 heavy (non-hydrogen) atoms. The Morgan fingerprint density at radius 3 is 2.22 bits per heavy atom. The van der Waals surface area contributed by atoms with Gasteiger partial charge in [0.15, 0.2) is 0 Å². The van der Waals surface area contributed by atoms with Gasteiger partial charge >= 0.3 is 0 Å². The largest absolute Gasteiger partial charge is 0.390 e. The molecule has 1 aliphatic heterocycles. The van der Waals surface area contributed by atoms with Crippen LogP contribution in [0.3, 0.4) is 0 Å². The van der Waals surface area contributed by atoms with Gasteiger partial charge in [0.1, 0.15) is 11.2 Å². The lowest BCUT2D eigenvalue weighted by atomic mass is 9.37. The maximum atomic E-state index is 12.0. The van der Waals surface area contributed by atoms with Crippen LogP contribution in [0.1, 0.15) is 120 Å². The summed E-state index contributed by atoms with van der Waals surface area (Å²) in [5.74, 6) is 1.38. The standard InChI is InChI=1S/C30H51NO5/c1-19(9-10-23(32)25(4,5)33)20-11-15-28(8)26(20,6)17-18-29-27(7)14-13-22(31(34)35)24(2,3)21(27)12-16-30(28,29)36-29/h19-23,32-33H,9-18H2,1-8H3/t19?,20?,21?,22-,23?,26+,27?,28+,29?,30?/m0/s1. The Bertz CT molecular complexity index is 929. The van der Waals surface area contributed by atoms with Crippen molar-refractivity contribution in [1.82, 2.24) is 0 Å². The fraction of sp³-hybridized carbons (Fsp3) is 1.00. The van der Waals surface area contributed by atoms with Crippen molar-refractivity contribution in [1.29, 1.82) is 0 Å². The third kappa shape index (κ3) is 3.01. The maximum absolute atomic E-state index is 12.0. The van der Waals surface area contributed by atoms with E-state index >= 15 is 0 Å². The van der Waals surface area contributed by atoms with Crippen LogP contribution < -0.4 is 0 Å². The highest BCUT2D eigenvalue weighted by molar-refractivity contribution is 5.38. The highest BCUT2D eigenvalue weighted by Crippen LogP contribution is 2.86. The monoisotopic (exact) mass is 505 g/mol. The zero-order valence-corrected chi connectivity index (χ0v) is 24.0. The minimum absolute atomic E-state index is 0.00782. The summed E-state index contributed by atoms with van der Waals surface area (Å²) in [6.45, 7) is 17.5. The van der Waals surface area contributed by atoms with E-state index in [9.17, 15) is 20.3 Å². The van der Waals surface area contributed by atoms with Gasteiger partial charge in [0.25, 0.3) is 0 Å². The molecule has 4 aliphatic carbocycles. The first-order valence-corrected chi connectivity index (χ1v) is 14.7. The Morgan fingerprint density at radius 2 is 1.61 bits per heavy atom. The van der Waals surface area contributed by atoms with Crippen LogP contribution in [0.5, 0.6) is 0 Å². The molecule has 6 nitrogen and oxygen atoms in total. The molecule has 206 valence electrons. The molecule has 1 saturated heterocycles. The van der Waals surface area contributed by atoms with Crippen molar-refractivity contribution in [2.45, 2.75) is 149 Å². The van der Waals surface area contributed by atoms with Crippen molar-refractivity contribution in [2.24, 2.45) is 39.4 Å². The first-order chi connectivity index (χ1) is 16.4. The average Bonchev–Trinajstić information content (AvgIpc) is 3.39. The number of fused-ring (bicyclic) bond motifs is 2. The highest BCUT2D eigenvalue weighted by Gasteiger charge is 2.90. The molecule has 5 rings (SSSR count). The van der Waals surface area contributed by atoms with E-state index in [-0.39, 0.29) is 37.8 Å². The topological polar surface area (TPSA) is 96.1 Å². The van der Waals surface area contributed by atoms with Crippen LogP contribution in [0.4, 0.5) is 0 Å². The molecule has 10 atom stereocenters. The molecular weight excluding hydrogens is 454 g/mol. The van der Waals surface area contributed by atoms with Gasteiger partial charge in [0.05, 0.1) is 11.7 Å². The smallest absolute Gasteiger partial charge is 0.218 e. The molecule has 0 amide bonds. The normalized spacial score (nSPS) is 50.8. The van der Waals surface area contributed by atoms with Crippen LogP contribution in [-0.2, 0) is 4.74 Å². The molecule has 5 aliphatic rings. The maximum Gasteiger partial charge on any atom is 0.218 e. The number of rotatable bonds is 6. The first kappa shape index (κ1) is 26.9. The van der Waals surface area contributed by atoms with E-state index < -0.39 is 17.7 Å². The molecule has 6 heteroatoms. The fourth-order valence-corrected chi connectivity index (χ4v) is 11.3. The fourth-order valence-electron chi connectivity index (χ4n) is 11.3. The summed E-state index contributed by atoms with van der Waals surface area (Å²) in [5.41, 5.74) is -1.34. The lowest BCUT2D eigenvalue weighted by molar-refractivity contribution is -0.551. The van der Waals surface area contributed by atoms with Crippen molar-refractivity contribution >= 4 is 0 Å². The van der Waals surface area contributed by atoms with Crippen LogP contribution in [-0.4, -0.2) is 44.1 Å². The molecular formula is C30H51NO5. The third-order valence-electron chi connectivity index (χ3n) is 13.7. The van der Waals surface area contributed by atoms with Gasteiger partial charge < -0.3 is 14.9 Å². The van der Waals surface area contributed by atoms with E-state index in [1.807, 2.05) is 0 Å². The summed E-state index contributed by atoms with van der Waals surface area (Å²) in [7, 11) is 0. The molecule has 4 saturated carbocycles. The van der Waals surface area contributed by atoms with Gasteiger partial charge in [-0.3, -0.25) is 10.1 Å². The molecule has 2 N–H and O–H groups in total. The Balaban J connectivity index is 1.41. The van der Waals surface area contributed by atoms with Gasteiger partial charge in [-0.05, 0) is 94.8 Å². The number of epoxide rings is 1. The van der Waals surface area contributed by atoms with Gasteiger partial charge in [-0.25, -0.2) is 0 Å². The van der Waals surface area contributed by atoms with Crippen molar-refractivity contribution in [3.05, 3.63) is 10.1 Å². The Kier molecular flexibility index (Phi) is 5.74. The lowest BCUT2D eigenvalue weighted by Gasteiger charge is -2.63. The summed E-state index contributed by atoms with van der Waals surface area (Å²) in [5, 5.41) is 32.6. The molecule has 0 aromatic heterocycles. The second-order valence-electron chi connectivity index (χ2n) is 15.5. The van der Waals surface area contributed by atoms with E-state index in [0.29, 0.717) is 30.6 Å². The van der Waals surface area contributed by atoms with E-state index in [0.717, 1.165) is 38.5 Å². The zero-order chi connectivity index (χ0) is 26.7. The molecule has 0 radical (unpaired) electrons. The van der Waals surface area contributed by atoms with Crippen LogP contribution in [0.25, 0.3) is 0 Å². The molecule has 7 unspecified atom stereocenters. The molecule has 0 aromatic rings. The van der Waals surface area contributed by atoms with Crippen LogP contribution in [0, 0.1) is 49.5 Å². The number of hydrogen-bond acceptors (Lipinski definition) is 5. The number of aliphatic hydroxyl groups is 2. The second kappa shape index (κ2) is 7.69. The zero-order valence-electron chi connectivity index (χ0n) is 24.0. The first-order valence-electron chi connectivity index (χ1n) is 14.7. The third-order valence-corrected chi connectivity index (χ3v) is 13.7. The van der Waals surface area contributed by atoms with Gasteiger partial charge in [-0.15, -0.1) is 0 Å². The Labute approximate surface area is 218 Å². The molecule has 0 bridgehead atoms. The van der Waals surface area contributed by atoms with E-state index in [1.165, 1.54) is 12.8 Å². The summed E-state index contributed by atoms with van der Waals surface area (Å²) in [6.07, 6.45) is 9.07. The van der Waals surface area contributed by atoms with Crippen molar-refractivity contribution in [3.8, 4) is 0 Å². The molecule has 5 fully saturated rings. The minimum Gasteiger partial charge on any atom is -0.390 e. The molecule has 1 heterocycles. The van der Waals surface area contributed by atoms with E-state index in [2.05, 4.69) is 41.5 Å². The molecule has 0 spiro atoms. The van der Waals surface area contributed by atoms with Crippen molar-refractivity contribution in [3.63, 3.8) is 0 Å². The summed E-state index contributed by atoms with van der Waals surface area (Å²) in [4.78, 5) is 11.9. The number of aliphatic hydroxyl groups excluding tert-OH is 1. The van der Waals surface area contributed by atoms with Crippen LogP contribution in [0.15, 0.2) is 0 Å². The highest BCUT2D eigenvalue weighted by atomic mass is 16.6. The predicted molar refractivity (Wildman–Crippen MR) is 140 cm³/mol. The second-order valence-corrected chi connectivity index (χ2v) is 15.5. The minimum atomic E-state index is -1.06. The lowest BCUT2D eigenvalue weighted by Crippen LogP contribution is -2.66. The van der Waals surface area contributed by atoms with Gasteiger partial charge in [0.2, 0.25) is 6.04 Å². The van der Waals surface area contributed by atoms with E-state index in [4.69, 9.17) is 4.74 Å². The number of nitro groups is 1. The quantitative estimate of drug-likeness (QED) is 0.257. The van der Waals surface area contributed by atoms with Crippen LogP contribution in [0.2, 0.25) is 0 Å². The Hall–Kier alpha value is -0.720. The van der Waals surface area contributed by atoms with Gasteiger partial charge in [-0.1, -0.05) is 41.5 Å². The van der Waals surface area contributed by atoms with Gasteiger partial charge in [0, 0.05) is 27.6 Å². The summed E-state index contributed by atoms with van der Waals surface area (Å²) in [6, 6.07) is -0.460. The SMILES string of the molecule is CC(CCC(O)C(C)(C)O)C1CC[C@@]2(C)C34CCC5C(C)(C)[C@@H]([N+](=O)[O-])CCC5(C)C3(CC[C@]12C)O4. The number of nitrogens with zero attached hydrogens (tertiary/aromatic N) is 1. The average molecular weight is 506 g/mol. The van der Waals surface area contributed by atoms with Gasteiger partial charge in [-0.2, -0.15) is 0 Å². The molecule has 0 aromatic carbocycles. The predicted octanol–water partition coefficient (Wildman–Crippen LogP) is 6.14. The van der Waals surface area contributed by atoms with Crippen molar-refractivity contribution < 1.29 is 19.9 Å². The van der Waals surface area contributed by atoms with Crippen molar-refractivity contribution in [2.75, 3.05) is 0 Å². The summed E-state index contributed by atoms with van der Waals surface area (Å²) < 4.78 is 7.19. The Morgan fingerprint density at radius 1 is 0.944 bits per heavy atom.